The number of amides is 1. The van der Waals surface area contributed by atoms with Crippen molar-refractivity contribution in [1.29, 1.82) is 0 Å². The third-order valence-corrected chi connectivity index (χ3v) is 11.5. The zero-order valence-electron chi connectivity index (χ0n) is 23.9. The molecule has 10 heteroatoms. The number of carboxylic acid groups (broad SMARTS) is 2. The van der Waals surface area contributed by atoms with Crippen LogP contribution in [0.1, 0.15) is 90.9 Å². The fourth-order valence-electron chi connectivity index (χ4n) is 7.91. The third-order valence-electron chi connectivity index (χ3n) is 10.5. The highest BCUT2D eigenvalue weighted by molar-refractivity contribution is 6.21. The molecule has 0 heterocycles. The third kappa shape index (κ3) is 8.05. The number of carbonyl (C=O) groups excluding carboxylic acids is 1. The van der Waals surface area contributed by atoms with Crippen LogP contribution in [0, 0.1) is 47.3 Å². The van der Waals surface area contributed by atoms with E-state index in [4.69, 9.17) is 28.0 Å². The lowest BCUT2D eigenvalue weighted by Gasteiger charge is -2.42. The molecular weight excluding hydrogens is 555 g/mol. The van der Waals surface area contributed by atoms with Gasteiger partial charge in [-0.05, 0) is 100 Å². The van der Waals surface area contributed by atoms with Gasteiger partial charge in [0, 0.05) is 12.1 Å². The van der Waals surface area contributed by atoms with Gasteiger partial charge in [0.1, 0.15) is 0 Å². The largest absolute Gasteiger partial charge is 0.481 e. The molecule has 0 radical (unpaired) electrons. The van der Waals surface area contributed by atoms with Crippen molar-refractivity contribution in [3.05, 3.63) is 0 Å². The Labute approximate surface area is 248 Å². The first-order chi connectivity index (χ1) is 19.0. The van der Waals surface area contributed by atoms with E-state index in [-0.39, 0.29) is 40.6 Å². The number of hydroxylamine groups is 1. The highest BCUT2D eigenvalue weighted by Crippen LogP contribution is 2.42. The van der Waals surface area contributed by atoms with Crippen molar-refractivity contribution in [3.63, 3.8) is 0 Å². The predicted molar refractivity (Wildman–Crippen MR) is 154 cm³/mol. The molecule has 4 N–H and O–H groups in total. The Balaban J connectivity index is 1.19. The molecule has 228 valence electrons. The molecular formula is C30H48Cl2N2O6. The number of alkyl halides is 2. The van der Waals surface area contributed by atoms with Crippen LogP contribution in [0.2, 0.25) is 0 Å². The zero-order chi connectivity index (χ0) is 29.0. The summed E-state index contributed by atoms with van der Waals surface area (Å²) in [6, 6.07) is -0.0960. The van der Waals surface area contributed by atoms with E-state index in [2.05, 4.69) is 24.6 Å². The first-order valence-corrected chi connectivity index (χ1v) is 16.3. The van der Waals surface area contributed by atoms with Crippen molar-refractivity contribution in [2.45, 2.75) is 114 Å². The average Bonchev–Trinajstić information content (AvgIpc) is 2.91. The molecule has 12 atom stereocenters. The van der Waals surface area contributed by atoms with Crippen molar-refractivity contribution in [3.8, 4) is 0 Å². The summed E-state index contributed by atoms with van der Waals surface area (Å²) >= 11 is 13.6. The van der Waals surface area contributed by atoms with Crippen LogP contribution >= 0.6 is 23.2 Å². The van der Waals surface area contributed by atoms with E-state index in [0.717, 1.165) is 57.8 Å². The molecule has 4 fully saturated rings. The van der Waals surface area contributed by atoms with Gasteiger partial charge in [0.25, 0.3) is 0 Å². The van der Waals surface area contributed by atoms with Gasteiger partial charge in [0.2, 0.25) is 5.91 Å². The maximum absolute atomic E-state index is 13.1. The fraction of sp³-hybridized carbons (Fsp3) is 0.900. The highest BCUT2D eigenvalue weighted by Gasteiger charge is 2.42. The number of carbonyl (C=O) groups is 3. The first-order valence-electron chi connectivity index (χ1n) is 15.4. The molecule has 0 aliphatic heterocycles. The summed E-state index contributed by atoms with van der Waals surface area (Å²) in [5.74, 6) is -1.49. The van der Waals surface area contributed by atoms with Gasteiger partial charge in [-0.15, -0.1) is 23.2 Å². The van der Waals surface area contributed by atoms with Gasteiger partial charge in [0.15, 0.2) is 0 Å². The van der Waals surface area contributed by atoms with Gasteiger partial charge in [-0.1, -0.05) is 20.3 Å². The Bertz CT molecular complexity index is 892. The van der Waals surface area contributed by atoms with Crippen LogP contribution < -0.4 is 10.8 Å². The van der Waals surface area contributed by atoms with E-state index in [1.165, 1.54) is 0 Å². The molecule has 40 heavy (non-hydrogen) atoms. The molecule has 0 bridgehead atoms. The summed E-state index contributed by atoms with van der Waals surface area (Å²) in [5, 5.41) is 22.1. The fourth-order valence-corrected chi connectivity index (χ4v) is 8.73. The van der Waals surface area contributed by atoms with Crippen molar-refractivity contribution < 1.29 is 29.4 Å². The second kappa shape index (κ2) is 14.4. The molecule has 0 saturated heterocycles. The highest BCUT2D eigenvalue weighted by atomic mass is 35.5. The lowest BCUT2D eigenvalue weighted by Crippen LogP contribution is -2.50. The second-order valence-corrected chi connectivity index (χ2v) is 14.5. The van der Waals surface area contributed by atoms with E-state index in [0.29, 0.717) is 49.5 Å². The molecule has 1 amide bonds. The molecule has 4 saturated carbocycles. The topological polar surface area (TPSA) is 125 Å². The number of halogens is 2. The van der Waals surface area contributed by atoms with Crippen molar-refractivity contribution in [2.24, 2.45) is 47.3 Å². The standard InChI is InChI=1S/C30H48Cl2N2O6/c1-16-3-5-20(22(11-16)29(36)37)15-40-34-27-10-7-19(14-25(27)32)18-6-9-26(24(31)13-18)33-28(35)21-8-4-17(2)12-23(21)30(38)39/h16-27,34H,3-15H2,1-2H3,(H,33,35)(H,36,37)(H,38,39). The van der Waals surface area contributed by atoms with Crippen LogP contribution in [0.3, 0.4) is 0 Å². The number of carboxylic acids is 2. The average molecular weight is 604 g/mol. The molecule has 8 nitrogen and oxygen atoms in total. The molecule has 0 aromatic rings. The van der Waals surface area contributed by atoms with Crippen molar-refractivity contribution in [2.75, 3.05) is 6.61 Å². The minimum atomic E-state index is -0.878. The Morgan fingerprint density at radius 1 is 0.700 bits per heavy atom. The normalized spacial score (nSPS) is 42.6. The maximum Gasteiger partial charge on any atom is 0.307 e. The quantitative estimate of drug-likeness (QED) is 0.204. The monoisotopic (exact) mass is 602 g/mol. The summed E-state index contributed by atoms with van der Waals surface area (Å²) in [6.07, 6.45) is 10.0. The van der Waals surface area contributed by atoms with E-state index in [1.54, 1.807) is 0 Å². The summed E-state index contributed by atoms with van der Waals surface area (Å²) in [4.78, 5) is 42.3. The second-order valence-electron chi connectivity index (χ2n) is 13.4. The minimum Gasteiger partial charge on any atom is -0.481 e. The van der Waals surface area contributed by atoms with Gasteiger partial charge in [-0.25, -0.2) is 0 Å². The maximum atomic E-state index is 13.1. The number of nitrogens with one attached hydrogen (secondary N) is 2. The molecule has 4 aliphatic carbocycles. The lowest BCUT2D eigenvalue weighted by molar-refractivity contribution is -0.150. The minimum absolute atomic E-state index is 0.0272. The molecule has 12 unspecified atom stereocenters. The van der Waals surface area contributed by atoms with Gasteiger partial charge < -0.3 is 20.4 Å². The van der Waals surface area contributed by atoms with Crippen LogP contribution in [-0.2, 0) is 19.2 Å². The predicted octanol–water partition coefficient (Wildman–Crippen LogP) is 5.45. The number of hydrogen-bond acceptors (Lipinski definition) is 5. The van der Waals surface area contributed by atoms with E-state index >= 15 is 0 Å². The number of aliphatic carboxylic acids is 2. The molecule has 4 rings (SSSR count). The number of rotatable bonds is 9. The summed E-state index contributed by atoms with van der Waals surface area (Å²) in [7, 11) is 0. The molecule has 0 aromatic heterocycles. The van der Waals surface area contributed by atoms with E-state index in [9.17, 15) is 24.6 Å². The van der Waals surface area contributed by atoms with Crippen LogP contribution in [0.4, 0.5) is 0 Å². The first kappa shape index (κ1) is 31.8. The summed E-state index contributed by atoms with van der Waals surface area (Å²) < 4.78 is 0. The van der Waals surface area contributed by atoms with Crippen molar-refractivity contribution >= 4 is 41.0 Å². The Morgan fingerprint density at radius 2 is 1.25 bits per heavy atom. The van der Waals surface area contributed by atoms with E-state index in [1.807, 2.05) is 0 Å². The van der Waals surface area contributed by atoms with Gasteiger partial charge >= 0.3 is 11.9 Å². The van der Waals surface area contributed by atoms with Crippen molar-refractivity contribution in [1.82, 2.24) is 10.8 Å². The zero-order valence-corrected chi connectivity index (χ0v) is 25.4. The molecule has 0 spiro atoms. The SMILES string of the molecule is CC1CCC(CONC2CCC(C3CCC(NC(=O)C4CCC(C)CC4C(=O)O)C(Cl)C3)CC2Cl)C(C(=O)O)C1. The van der Waals surface area contributed by atoms with E-state index < -0.39 is 23.8 Å². The van der Waals surface area contributed by atoms with Gasteiger partial charge in [0.05, 0.1) is 35.1 Å². The van der Waals surface area contributed by atoms with Crippen LogP contribution in [0.15, 0.2) is 0 Å². The smallest absolute Gasteiger partial charge is 0.307 e. The van der Waals surface area contributed by atoms with Crippen LogP contribution in [0.5, 0.6) is 0 Å². The van der Waals surface area contributed by atoms with Crippen LogP contribution in [-0.4, -0.2) is 57.5 Å². The molecule has 4 aliphatic rings. The lowest BCUT2D eigenvalue weighted by atomic mass is 9.71. The summed E-state index contributed by atoms with van der Waals surface area (Å²) in [6.45, 7) is 4.56. The van der Waals surface area contributed by atoms with Gasteiger partial charge in [-0.2, -0.15) is 5.48 Å². The molecule has 0 aromatic carbocycles. The number of hydrogen-bond donors (Lipinski definition) is 4. The Hall–Kier alpha value is -1.09. The Morgan fingerprint density at radius 3 is 1.82 bits per heavy atom. The Kier molecular flexibility index (Phi) is 11.5. The van der Waals surface area contributed by atoms with Crippen LogP contribution in [0.25, 0.3) is 0 Å². The summed E-state index contributed by atoms with van der Waals surface area (Å²) in [5.41, 5.74) is 3.16. The van der Waals surface area contributed by atoms with Gasteiger partial charge in [-0.3, -0.25) is 14.4 Å².